The zero-order chi connectivity index (χ0) is 17.4. The van der Waals surface area contributed by atoms with Gasteiger partial charge in [0.1, 0.15) is 6.10 Å². The van der Waals surface area contributed by atoms with Crippen LogP contribution in [0.1, 0.15) is 30.9 Å². The van der Waals surface area contributed by atoms with Crippen molar-refractivity contribution >= 4 is 35.3 Å². The minimum atomic E-state index is -0.470. The van der Waals surface area contributed by atoms with Crippen molar-refractivity contribution in [1.29, 1.82) is 0 Å². The summed E-state index contributed by atoms with van der Waals surface area (Å²) in [5.74, 6) is 0.0298. The van der Waals surface area contributed by atoms with Crippen molar-refractivity contribution < 1.29 is 14.3 Å². The number of halogens is 1. The van der Waals surface area contributed by atoms with E-state index in [0.717, 1.165) is 12.0 Å². The largest absolute Gasteiger partial charge is 0.368 e. The minimum absolute atomic E-state index is 0.150. The molecule has 0 aliphatic carbocycles. The molecule has 9 heteroatoms. The van der Waals surface area contributed by atoms with E-state index in [0.29, 0.717) is 24.0 Å². The minimum Gasteiger partial charge on any atom is -0.368 e. The van der Waals surface area contributed by atoms with Crippen molar-refractivity contribution in [3.05, 3.63) is 34.9 Å². The van der Waals surface area contributed by atoms with Crippen molar-refractivity contribution in [1.82, 2.24) is 14.8 Å². The number of carbonyl (C=O) groups excluding carboxylic acids is 2. The molecule has 8 nitrogen and oxygen atoms in total. The molecule has 130 valence electrons. The molecule has 2 atom stereocenters. The fourth-order valence-corrected chi connectivity index (χ4v) is 3.16. The highest BCUT2D eigenvalue weighted by Gasteiger charge is 2.30. The molecule has 0 unspecified atom stereocenters. The molecule has 0 radical (unpaired) electrons. The van der Waals surface area contributed by atoms with Crippen LogP contribution in [0.4, 0.5) is 11.9 Å². The van der Waals surface area contributed by atoms with Gasteiger partial charge in [0.15, 0.2) is 0 Å². The second kappa shape index (κ2) is 6.45. The summed E-state index contributed by atoms with van der Waals surface area (Å²) in [4.78, 5) is 28.4. The number of hydrogen-bond donors (Lipinski definition) is 2. The number of nitrogens with one attached hydrogen (secondary N) is 2. The summed E-state index contributed by atoms with van der Waals surface area (Å²) in [6.45, 7) is 0.583. The molecule has 2 amide bonds. The zero-order valence-electron chi connectivity index (χ0n) is 13.2. The number of ether oxygens (including phenoxy) is 1. The molecule has 1 aromatic carbocycles. The molecule has 1 aromatic heterocycles. The van der Waals surface area contributed by atoms with Crippen molar-refractivity contribution in [2.24, 2.45) is 0 Å². The topological polar surface area (TPSA) is 98.1 Å². The van der Waals surface area contributed by atoms with E-state index in [4.69, 9.17) is 16.3 Å². The second-order valence-corrected chi connectivity index (χ2v) is 6.45. The van der Waals surface area contributed by atoms with E-state index >= 15 is 0 Å². The third kappa shape index (κ3) is 3.22. The van der Waals surface area contributed by atoms with Gasteiger partial charge in [-0.05, 0) is 30.5 Å². The first-order chi connectivity index (χ1) is 12.1. The predicted molar refractivity (Wildman–Crippen MR) is 90.5 cm³/mol. The fourth-order valence-electron chi connectivity index (χ4n) is 3.04. The molecule has 2 N–H and O–H groups in total. The first-order valence-electron chi connectivity index (χ1n) is 8.04. The summed E-state index contributed by atoms with van der Waals surface area (Å²) < 4.78 is 6.96. The van der Waals surface area contributed by atoms with Crippen LogP contribution in [-0.4, -0.2) is 39.3 Å². The molecule has 1 saturated heterocycles. The molecule has 1 fully saturated rings. The summed E-state index contributed by atoms with van der Waals surface area (Å²) in [5, 5.41) is 10.3. The van der Waals surface area contributed by atoms with E-state index in [1.165, 1.54) is 0 Å². The number of hydrogen-bond acceptors (Lipinski definition) is 5. The Balaban J connectivity index is 1.60. The molecule has 4 rings (SSSR count). The molecule has 2 aliphatic heterocycles. The lowest BCUT2D eigenvalue weighted by Gasteiger charge is -2.23. The number of aromatic nitrogens is 3. The van der Waals surface area contributed by atoms with Crippen LogP contribution in [0.2, 0.25) is 5.02 Å². The lowest BCUT2D eigenvalue weighted by atomic mass is 10.0. The van der Waals surface area contributed by atoms with E-state index in [1.807, 2.05) is 12.1 Å². The van der Waals surface area contributed by atoms with Gasteiger partial charge >= 0.3 is 0 Å². The highest BCUT2D eigenvalue weighted by Crippen LogP contribution is 2.30. The lowest BCUT2D eigenvalue weighted by molar-refractivity contribution is -0.124. The molecule has 0 spiro atoms. The van der Waals surface area contributed by atoms with Crippen molar-refractivity contribution in [3.8, 4) is 0 Å². The van der Waals surface area contributed by atoms with Gasteiger partial charge in [-0.3, -0.25) is 20.2 Å². The van der Waals surface area contributed by atoms with Gasteiger partial charge in [-0.25, -0.2) is 4.68 Å². The Hall–Kier alpha value is -2.45. The number of benzene rings is 1. The van der Waals surface area contributed by atoms with Crippen molar-refractivity contribution in [2.75, 3.05) is 17.2 Å². The molecule has 0 bridgehead atoms. The Morgan fingerprint density at radius 2 is 2.16 bits per heavy atom. The van der Waals surface area contributed by atoms with Gasteiger partial charge < -0.3 is 4.74 Å². The van der Waals surface area contributed by atoms with Gasteiger partial charge in [-0.1, -0.05) is 23.7 Å². The number of fused-ring (bicyclic) bond motifs is 1. The van der Waals surface area contributed by atoms with Gasteiger partial charge in [0, 0.05) is 11.6 Å². The maximum absolute atomic E-state index is 12.2. The quantitative estimate of drug-likeness (QED) is 0.871. The van der Waals surface area contributed by atoms with Crippen LogP contribution in [0, 0.1) is 0 Å². The van der Waals surface area contributed by atoms with E-state index in [2.05, 4.69) is 20.7 Å². The summed E-state index contributed by atoms with van der Waals surface area (Å²) in [5.41, 5.74) is 0.891. The first-order valence-corrected chi connectivity index (χ1v) is 8.42. The van der Waals surface area contributed by atoms with E-state index < -0.39 is 6.10 Å². The molecule has 3 heterocycles. The Bertz CT molecular complexity index is 814. The van der Waals surface area contributed by atoms with Crippen LogP contribution in [0.3, 0.4) is 0 Å². The van der Waals surface area contributed by atoms with E-state index in [9.17, 15) is 9.59 Å². The number of amides is 2. The Kier molecular flexibility index (Phi) is 4.14. The summed E-state index contributed by atoms with van der Waals surface area (Å²) in [7, 11) is 0. The molecule has 0 saturated carbocycles. The van der Waals surface area contributed by atoms with Crippen LogP contribution >= 0.6 is 11.6 Å². The van der Waals surface area contributed by atoms with Crippen LogP contribution in [0.15, 0.2) is 24.3 Å². The first kappa shape index (κ1) is 16.0. The molecule has 2 aromatic rings. The van der Waals surface area contributed by atoms with Gasteiger partial charge in [0.05, 0.1) is 12.5 Å². The number of rotatable bonds is 3. The van der Waals surface area contributed by atoms with Crippen LogP contribution in [0.25, 0.3) is 0 Å². The van der Waals surface area contributed by atoms with Crippen molar-refractivity contribution in [3.63, 3.8) is 0 Å². The average Bonchev–Trinajstić information content (AvgIpc) is 3.24. The van der Waals surface area contributed by atoms with Crippen LogP contribution < -0.4 is 10.6 Å². The predicted octanol–water partition coefficient (Wildman–Crippen LogP) is 1.98. The van der Waals surface area contributed by atoms with Crippen molar-refractivity contribution in [2.45, 2.75) is 31.4 Å². The van der Waals surface area contributed by atoms with E-state index in [-0.39, 0.29) is 30.2 Å². The molecular formula is C16H16ClN5O3. The SMILES string of the molecule is O=C1C[C@H](c2ccc(Cl)cc2)n2nc(NC(=O)[C@H]3CCCO3)nc2N1. The Morgan fingerprint density at radius 1 is 1.36 bits per heavy atom. The van der Waals surface area contributed by atoms with Gasteiger partial charge in [-0.2, -0.15) is 4.98 Å². The number of carbonyl (C=O) groups is 2. The highest BCUT2D eigenvalue weighted by molar-refractivity contribution is 6.30. The third-order valence-corrected chi connectivity index (χ3v) is 4.52. The average molecular weight is 362 g/mol. The molecule has 25 heavy (non-hydrogen) atoms. The van der Waals surface area contributed by atoms with Gasteiger partial charge in [0.25, 0.3) is 11.9 Å². The summed E-state index contributed by atoms with van der Waals surface area (Å²) >= 11 is 5.93. The Morgan fingerprint density at radius 3 is 2.88 bits per heavy atom. The lowest BCUT2D eigenvalue weighted by Crippen LogP contribution is -2.29. The molecular weight excluding hydrogens is 346 g/mol. The van der Waals surface area contributed by atoms with Crippen LogP contribution in [0.5, 0.6) is 0 Å². The smallest absolute Gasteiger partial charge is 0.255 e. The Labute approximate surface area is 148 Å². The molecule has 2 aliphatic rings. The summed E-state index contributed by atoms with van der Waals surface area (Å²) in [6, 6.07) is 6.92. The number of anilines is 2. The standard InChI is InChI=1S/C16H16ClN5O3/c17-10-5-3-9(4-6-10)11-8-13(23)18-16-20-15(21-22(11)16)19-14(24)12-2-1-7-25-12/h3-6,11-12H,1-2,7-8H2,(H2,18,19,20,21,23,24)/t11-,12-/m1/s1. The maximum Gasteiger partial charge on any atom is 0.255 e. The normalized spacial score (nSPS) is 22.4. The highest BCUT2D eigenvalue weighted by atomic mass is 35.5. The number of nitrogens with zero attached hydrogens (tertiary/aromatic N) is 3. The second-order valence-electron chi connectivity index (χ2n) is 6.01. The van der Waals surface area contributed by atoms with Crippen LogP contribution in [-0.2, 0) is 14.3 Å². The van der Waals surface area contributed by atoms with E-state index in [1.54, 1.807) is 16.8 Å². The van der Waals surface area contributed by atoms with Gasteiger partial charge in [-0.15, -0.1) is 5.10 Å². The summed E-state index contributed by atoms with van der Waals surface area (Å²) in [6.07, 6.45) is 1.31. The monoisotopic (exact) mass is 361 g/mol. The fraction of sp³-hybridized carbons (Fsp3) is 0.375. The third-order valence-electron chi connectivity index (χ3n) is 4.27. The maximum atomic E-state index is 12.2. The van der Waals surface area contributed by atoms with Gasteiger partial charge in [0.2, 0.25) is 11.9 Å². The zero-order valence-corrected chi connectivity index (χ0v) is 14.0.